The highest BCUT2D eigenvalue weighted by molar-refractivity contribution is 6.08. The molecule has 4 aromatic carbocycles. The Labute approximate surface area is 273 Å². The van der Waals surface area contributed by atoms with Crippen molar-refractivity contribution in [1.29, 1.82) is 0 Å². The zero-order valence-corrected chi connectivity index (χ0v) is 25.5. The lowest BCUT2D eigenvalue weighted by molar-refractivity contribution is 0.650. The Balaban J connectivity index is 1.16. The van der Waals surface area contributed by atoms with E-state index in [0.717, 1.165) is 66.3 Å². The Morgan fingerprint density at radius 2 is 0.729 bits per heavy atom. The fourth-order valence-electron chi connectivity index (χ4n) is 7.59. The van der Waals surface area contributed by atoms with Crippen LogP contribution in [0, 0.1) is 0 Å². The minimum atomic E-state index is 0.645. The van der Waals surface area contributed by atoms with E-state index >= 15 is 0 Å². The van der Waals surface area contributed by atoms with E-state index in [0.29, 0.717) is 11.4 Å². The molecule has 0 aliphatic heterocycles. The molecule has 11 rings (SSSR count). The molecule has 1 aliphatic carbocycles. The summed E-state index contributed by atoms with van der Waals surface area (Å²) in [4.78, 5) is 8.98. The van der Waals surface area contributed by atoms with Gasteiger partial charge in [-0.2, -0.15) is 0 Å². The largest absolute Gasteiger partial charge is 0.435 e. The Morgan fingerprint density at radius 3 is 1.12 bits per heavy atom. The van der Waals surface area contributed by atoms with Crippen LogP contribution in [0.2, 0.25) is 0 Å². The van der Waals surface area contributed by atoms with Gasteiger partial charge in [0.15, 0.2) is 11.2 Å². The highest BCUT2D eigenvalue weighted by Crippen LogP contribution is 2.49. The molecule has 6 aromatic heterocycles. The van der Waals surface area contributed by atoms with Crippen LogP contribution in [0.3, 0.4) is 0 Å². The number of benzene rings is 4. The molecule has 0 amide bonds. The summed E-state index contributed by atoms with van der Waals surface area (Å²) >= 11 is 0. The second-order valence-corrected chi connectivity index (χ2v) is 12.3. The van der Waals surface area contributed by atoms with Crippen LogP contribution in [0.25, 0.3) is 100 Å². The van der Waals surface area contributed by atoms with Crippen LogP contribution in [0.5, 0.6) is 0 Å². The Bertz CT molecular complexity index is 2640. The lowest BCUT2D eigenvalue weighted by Gasteiger charge is -2.18. The van der Waals surface area contributed by atoms with Crippen LogP contribution in [-0.2, 0) is 0 Å². The van der Waals surface area contributed by atoms with Crippen LogP contribution in [0.15, 0.2) is 155 Å². The van der Waals surface area contributed by atoms with E-state index in [2.05, 4.69) is 141 Å². The number of furan rings is 2. The van der Waals surface area contributed by atoms with E-state index in [-0.39, 0.29) is 0 Å². The molecule has 1 aliphatic rings. The van der Waals surface area contributed by atoms with Gasteiger partial charge in [0, 0.05) is 81.0 Å². The number of nitrogens with zero attached hydrogens (tertiary/aromatic N) is 4. The van der Waals surface area contributed by atoms with Crippen molar-refractivity contribution in [1.82, 2.24) is 19.1 Å². The third-order valence-corrected chi connectivity index (χ3v) is 9.73. The molecule has 0 fully saturated rings. The third-order valence-electron chi connectivity index (χ3n) is 9.73. The summed E-state index contributed by atoms with van der Waals surface area (Å²) < 4.78 is 17.1. The molecule has 6 heteroatoms. The molecule has 48 heavy (non-hydrogen) atoms. The molecular formula is C42H24N4O2. The van der Waals surface area contributed by atoms with E-state index in [1.807, 2.05) is 12.1 Å². The average Bonchev–Trinajstić information content (AvgIpc) is 3.93. The molecular weight excluding hydrogens is 592 g/mol. The quantitative estimate of drug-likeness (QED) is 0.194. The molecule has 0 saturated heterocycles. The summed E-state index contributed by atoms with van der Waals surface area (Å²) in [5, 5.41) is 4.14. The van der Waals surface area contributed by atoms with Gasteiger partial charge in [-0.25, -0.2) is 9.97 Å². The van der Waals surface area contributed by atoms with Gasteiger partial charge in [0.2, 0.25) is 11.4 Å². The predicted octanol–water partition coefficient (Wildman–Crippen LogP) is 10.8. The Kier molecular flexibility index (Phi) is 5.02. The molecule has 6 heterocycles. The number of aromatic nitrogens is 4. The van der Waals surface area contributed by atoms with E-state index in [4.69, 9.17) is 8.83 Å². The highest BCUT2D eigenvalue weighted by Gasteiger charge is 2.26. The molecule has 0 atom stereocenters. The summed E-state index contributed by atoms with van der Waals surface area (Å²) in [5.74, 6) is 0. The van der Waals surface area contributed by atoms with E-state index < -0.39 is 0 Å². The zero-order chi connectivity index (χ0) is 31.3. The molecule has 6 nitrogen and oxygen atoms in total. The minimum absolute atomic E-state index is 0.645. The fraction of sp³-hybridized carbons (Fsp3) is 0. The first-order valence-electron chi connectivity index (χ1n) is 16.0. The molecule has 0 unspecified atom stereocenters. The number of hydrogen-bond acceptors (Lipinski definition) is 4. The number of hydrogen-bond donors (Lipinski definition) is 0. The van der Waals surface area contributed by atoms with E-state index in [1.165, 1.54) is 22.3 Å². The maximum Gasteiger partial charge on any atom is 0.227 e. The van der Waals surface area contributed by atoms with Gasteiger partial charge in [0.1, 0.15) is 0 Å². The second kappa shape index (κ2) is 9.44. The number of fused-ring (bicyclic) bond motifs is 14. The summed E-state index contributed by atoms with van der Waals surface area (Å²) in [6, 6.07) is 38.0. The first-order valence-corrected chi connectivity index (χ1v) is 16.0. The summed E-state index contributed by atoms with van der Waals surface area (Å²) in [6.07, 6.45) is 12.5. The van der Waals surface area contributed by atoms with Crippen molar-refractivity contribution in [2.45, 2.75) is 0 Å². The van der Waals surface area contributed by atoms with Crippen LogP contribution >= 0.6 is 0 Å². The van der Waals surface area contributed by atoms with Crippen molar-refractivity contribution < 1.29 is 8.83 Å². The smallest absolute Gasteiger partial charge is 0.227 e. The van der Waals surface area contributed by atoms with Crippen LogP contribution < -0.4 is 0 Å². The van der Waals surface area contributed by atoms with Gasteiger partial charge >= 0.3 is 0 Å². The van der Waals surface area contributed by atoms with Crippen molar-refractivity contribution in [2.24, 2.45) is 0 Å². The van der Waals surface area contributed by atoms with Crippen LogP contribution in [-0.4, -0.2) is 19.1 Å². The van der Waals surface area contributed by atoms with Crippen molar-refractivity contribution >= 4 is 44.1 Å². The summed E-state index contributed by atoms with van der Waals surface area (Å²) in [5.41, 5.74) is 14.2. The predicted molar refractivity (Wildman–Crippen MR) is 191 cm³/mol. The molecule has 10 aromatic rings. The molecule has 0 bridgehead atoms. The summed E-state index contributed by atoms with van der Waals surface area (Å²) in [6.45, 7) is 0. The normalized spacial score (nSPS) is 12.2. The Hall–Kier alpha value is -6.66. The lowest BCUT2D eigenvalue weighted by Crippen LogP contribution is -1.92. The van der Waals surface area contributed by atoms with E-state index in [9.17, 15) is 0 Å². The molecule has 0 radical (unpaired) electrons. The van der Waals surface area contributed by atoms with Crippen molar-refractivity contribution in [3.8, 4) is 55.9 Å². The maximum atomic E-state index is 6.36. The zero-order valence-electron chi connectivity index (χ0n) is 25.5. The standard InChI is InChI=1S/C42H24N4O2/c1-2-10-26-25(9-1)33-21-45(37-17-5-13-29-31-15-7-19-43-41(31)47-39(29)37)23-35(33)27-11-3-4-12-28(27)36-24-46(22-34(26)36)38-18-6-14-30-32-16-8-20-44-42(32)48-40(30)38/h1-24H. The monoisotopic (exact) mass is 616 g/mol. The van der Waals surface area contributed by atoms with Gasteiger partial charge in [0.05, 0.1) is 11.4 Å². The molecule has 0 spiro atoms. The fourth-order valence-corrected chi connectivity index (χ4v) is 7.59. The van der Waals surface area contributed by atoms with Gasteiger partial charge in [0.25, 0.3) is 0 Å². The van der Waals surface area contributed by atoms with Crippen LogP contribution in [0.1, 0.15) is 0 Å². The third kappa shape index (κ3) is 3.46. The van der Waals surface area contributed by atoms with Crippen molar-refractivity contribution in [3.05, 3.63) is 146 Å². The number of rotatable bonds is 2. The van der Waals surface area contributed by atoms with Crippen molar-refractivity contribution in [2.75, 3.05) is 0 Å². The minimum Gasteiger partial charge on any atom is -0.435 e. The van der Waals surface area contributed by atoms with Gasteiger partial charge in [-0.05, 0) is 58.7 Å². The van der Waals surface area contributed by atoms with Crippen LogP contribution in [0.4, 0.5) is 0 Å². The number of para-hydroxylation sites is 2. The molecule has 0 N–H and O–H groups in total. The maximum absolute atomic E-state index is 6.36. The SMILES string of the molecule is c1ccc2c(c1)-c1cn(-c3cccc4c3oc3ncccc34)cc1-c1ccccc1-c1cn(-c3cccc4c3oc3ncccc34)cc1-2. The topological polar surface area (TPSA) is 61.9 Å². The first-order chi connectivity index (χ1) is 23.8. The summed E-state index contributed by atoms with van der Waals surface area (Å²) in [7, 11) is 0. The van der Waals surface area contributed by atoms with Gasteiger partial charge in [-0.3, -0.25) is 0 Å². The van der Waals surface area contributed by atoms with Gasteiger partial charge < -0.3 is 18.0 Å². The average molecular weight is 617 g/mol. The number of pyridine rings is 2. The molecule has 0 saturated carbocycles. The van der Waals surface area contributed by atoms with Crippen molar-refractivity contribution in [3.63, 3.8) is 0 Å². The second-order valence-electron chi connectivity index (χ2n) is 12.3. The first kappa shape index (κ1) is 25.5. The molecule has 224 valence electrons. The lowest BCUT2D eigenvalue weighted by atomic mass is 9.84. The Morgan fingerprint density at radius 1 is 0.354 bits per heavy atom. The van der Waals surface area contributed by atoms with Gasteiger partial charge in [-0.15, -0.1) is 0 Å². The van der Waals surface area contributed by atoms with Gasteiger partial charge in [-0.1, -0.05) is 72.8 Å². The van der Waals surface area contributed by atoms with E-state index in [1.54, 1.807) is 12.4 Å². The highest BCUT2D eigenvalue weighted by atomic mass is 16.3.